The van der Waals surface area contributed by atoms with Crippen molar-refractivity contribution in [2.45, 2.75) is 13.0 Å². The Morgan fingerprint density at radius 2 is 2.00 bits per heavy atom. The number of anilines is 3. The molecule has 0 spiro atoms. The minimum Gasteiger partial charge on any atom is -0.480 e. The predicted octanol–water partition coefficient (Wildman–Crippen LogP) is 1.50. The number of nitrogens with zero attached hydrogens (tertiary/aromatic N) is 3. The van der Waals surface area contributed by atoms with Crippen LogP contribution in [-0.4, -0.2) is 32.1 Å². The average Bonchev–Trinajstić information content (AvgIpc) is 2.40. The van der Waals surface area contributed by atoms with Crippen molar-refractivity contribution in [3.05, 3.63) is 36.8 Å². The van der Waals surface area contributed by atoms with Crippen molar-refractivity contribution in [2.75, 3.05) is 10.6 Å². The van der Waals surface area contributed by atoms with Crippen molar-refractivity contribution in [1.29, 1.82) is 0 Å². The fourth-order valence-corrected chi connectivity index (χ4v) is 1.36. The molecule has 2 aromatic heterocycles. The van der Waals surface area contributed by atoms with E-state index in [0.29, 0.717) is 17.5 Å². The number of pyridine rings is 1. The second-order valence-electron chi connectivity index (χ2n) is 3.83. The van der Waals surface area contributed by atoms with Gasteiger partial charge in [0.15, 0.2) is 0 Å². The minimum atomic E-state index is -0.946. The van der Waals surface area contributed by atoms with Crippen LogP contribution in [0.1, 0.15) is 6.92 Å². The van der Waals surface area contributed by atoms with Gasteiger partial charge in [0.2, 0.25) is 0 Å². The fraction of sp³-hybridized carbons (Fsp3) is 0.167. The second-order valence-corrected chi connectivity index (χ2v) is 3.83. The first-order chi connectivity index (χ1) is 9.15. The Hall–Kier alpha value is -2.70. The molecule has 2 rings (SSSR count). The molecular formula is C12H13N5O2. The number of aliphatic carboxylic acids is 1. The summed E-state index contributed by atoms with van der Waals surface area (Å²) in [5.74, 6) is 0.674. The van der Waals surface area contributed by atoms with E-state index in [1.54, 1.807) is 18.3 Å². The second kappa shape index (κ2) is 5.76. The van der Waals surface area contributed by atoms with Crippen LogP contribution in [-0.2, 0) is 4.79 Å². The van der Waals surface area contributed by atoms with Gasteiger partial charge in [0.1, 0.15) is 29.8 Å². The van der Waals surface area contributed by atoms with Gasteiger partial charge in [-0.15, -0.1) is 0 Å². The van der Waals surface area contributed by atoms with Crippen LogP contribution in [0.2, 0.25) is 0 Å². The molecule has 1 unspecified atom stereocenters. The molecule has 0 radical (unpaired) electrons. The number of rotatable bonds is 5. The van der Waals surface area contributed by atoms with Gasteiger partial charge in [-0.05, 0) is 19.1 Å². The molecule has 0 aliphatic carbocycles. The van der Waals surface area contributed by atoms with E-state index in [0.717, 1.165) is 0 Å². The lowest BCUT2D eigenvalue weighted by molar-refractivity contribution is -0.137. The Balaban J connectivity index is 2.09. The zero-order valence-corrected chi connectivity index (χ0v) is 10.2. The van der Waals surface area contributed by atoms with Crippen molar-refractivity contribution in [3.63, 3.8) is 0 Å². The molecule has 2 aromatic rings. The molecule has 0 bridgehead atoms. The number of carbonyl (C=O) groups is 1. The van der Waals surface area contributed by atoms with Gasteiger partial charge >= 0.3 is 5.97 Å². The molecule has 0 aliphatic rings. The maximum absolute atomic E-state index is 10.7. The molecule has 3 N–H and O–H groups in total. The van der Waals surface area contributed by atoms with E-state index in [1.807, 2.05) is 12.1 Å². The third-order valence-corrected chi connectivity index (χ3v) is 2.32. The van der Waals surface area contributed by atoms with Gasteiger partial charge in [0.05, 0.1) is 0 Å². The highest BCUT2D eigenvalue weighted by Crippen LogP contribution is 2.14. The Morgan fingerprint density at radius 1 is 1.21 bits per heavy atom. The molecule has 0 aliphatic heterocycles. The van der Waals surface area contributed by atoms with Crippen LogP contribution in [0.3, 0.4) is 0 Å². The topological polar surface area (TPSA) is 100 Å². The number of carboxylic acids is 1. The Labute approximate surface area is 109 Å². The average molecular weight is 259 g/mol. The molecule has 0 saturated heterocycles. The first kappa shape index (κ1) is 12.7. The summed E-state index contributed by atoms with van der Waals surface area (Å²) in [4.78, 5) is 22.8. The third kappa shape index (κ3) is 3.63. The van der Waals surface area contributed by atoms with Gasteiger partial charge in [-0.2, -0.15) is 0 Å². The standard InChI is InChI=1S/C12H13N5O2/c1-8(12(18)19)16-10-6-11(15-7-14-10)17-9-4-2-3-5-13-9/h2-8H,1H3,(H,18,19)(H2,13,14,15,16,17). The highest BCUT2D eigenvalue weighted by molar-refractivity contribution is 5.76. The van der Waals surface area contributed by atoms with Gasteiger partial charge < -0.3 is 15.7 Å². The van der Waals surface area contributed by atoms with Crippen LogP contribution in [0.5, 0.6) is 0 Å². The minimum absolute atomic E-state index is 0.434. The number of nitrogens with one attached hydrogen (secondary N) is 2. The summed E-state index contributed by atoms with van der Waals surface area (Å²) >= 11 is 0. The summed E-state index contributed by atoms with van der Waals surface area (Å²) in [7, 11) is 0. The summed E-state index contributed by atoms with van der Waals surface area (Å²) in [6.45, 7) is 1.54. The van der Waals surface area contributed by atoms with E-state index in [1.165, 1.54) is 13.3 Å². The van der Waals surface area contributed by atoms with E-state index in [4.69, 9.17) is 5.11 Å². The molecule has 0 fully saturated rings. The molecular weight excluding hydrogens is 246 g/mol. The molecule has 2 heterocycles. The number of carboxylic acid groups (broad SMARTS) is 1. The quantitative estimate of drug-likeness (QED) is 0.748. The van der Waals surface area contributed by atoms with Crippen LogP contribution >= 0.6 is 0 Å². The van der Waals surface area contributed by atoms with Crippen molar-refractivity contribution in [3.8, 4) is 0 Å². The van der Waals surface area contributed by atoms with E-state index < -0.39 is 12.0 Å². The molecule has 0 amide bonds. The maximum atomic E-state index is 10.7. The van der Waals surface area contributed by atoms with Crippen molar-refractivity contribution >= 4 is 23.4 Å². The zero-order chi connectivity index (χ0) is 13.7. The maximum Gasteiger partial charge on any atom is 0.325 e. The summed E-state index contributed by atoms with van der Waals surface area (Å²) in [6, 6.07) is 6.36. The highest BCUT2D eigenvalue weighted by Gasteiger charge is 2.11. The Kier molecular flexibility index (Phi) is 3.87. The molecule has 1 atom stereocenters. The van der Waals surface area contributed by atoms with Crippen molar-refractivity contribution in [2.24, 2.45) is 0 Å². The van der Waals surface area contributed by atoms with E-state index in [2.05, 4.69) is 25.6 Å². The summed E-state index contributed by atoms with van der Waals surface area (Å²) in [6.07, 6.45) is 3.01. The summed E-state index contributed by atoms with van der Waals surface area (Å²) in [5, 5.41) is 14.6. The molecule has 19 heavy (non-hydrogen) atoms. The van der Waals surface area contributed by atoms with Crippen LogP contribution in [0, 0.1) is 0 Å². The van der Waals surface area contributed by atoms with Crippen LogP contribution in [0.15, 0.2) is 36.8 Å². The highest BCUT2D eigenvalue weighted by atomic mass is 16.4. The van der Waals surface area contributed by atoms with E-state index in [-0.39, 0.29) is 0 Å². The van der Waals surface area contributed by atoms with Crippen LogP contribution in [0.25, 0.3) is 0 Å². The van der Waals surface area contributed by atoms with Crippen LogP contribution in [0.4, 0.5) is 17.5 Å². The molecule has 7 heteroatoms. The Bertz CT molecular complexity index is 561. The lowest BCUT2D eigenvalue weighted by atomic mass is 10.3. The lowest BCUT2D eigenvalue weighted by Crippen LogP contribution is -2.25. The summed E-state index contributed by atoms with van der Waals surface area (Å²) < 4.78 is 0. The van der Waals surface area contributed by atoms with Gasteiger partial charge in [-0.25, -0.2) is 15.0 Å². The number of aromatic nitrogens is 3. The first-order valence-electron chi connectivity index (χ1n) is 5.64. The van der Waals surface area contributed by atoms with Gasteiger partial charge in [0.25, 0.3) is 0 Å². The third-order valence-electron chi connectivity index (χ3n) is 2.32. The van der Waals surface area contributed by atoms with E-state index >= 15 is 0 Å². The zero-order valence-electron chi connectivity index (χ0n) is 10.2. The largest absolute Gasteiger partial charge is 0.480 e. The smallest absolute Gasteiger partial charge is 0.325 e. The van der Waals surface area contributed by atoms with Crippen LogP contribution < -0.4 is 10.6 Å². The molecule has 98 valence electrons. The number of hydrogen-bond donors (Lipinski definition) is 3. The molecule has 0 aromatic carbocycles. The SMILES string of the molecule is CC(Nc1cc(Nc2ccccn2)ncn1)C(=O)O. The van der Waals surface area contributed by atoms with Crippen molar-refractivity contribution < 1.29 is 9.90 Å². The number of hydrogen-bond acceptors (Lipinski definition) is 6. The monoisotopic (exact) mass is 259 g/mol. The fourth-order valence-electron chi connectivity index (χ4n) is 1.36. The lowest BCUT2D eigenvalue weighted by Gasteiger charge is -2.10. The molecule has 7 nitrogen and oxygen atoms in total. The Morgan fingerprint density at radius 3 is 2.68 bits per heavy atom. The van der Waals surface area contributed by atoms with Crippen molar-refractivity contribution in [1.82, 2.24) is 15.0 Å². The summed E-state index contributed by atoms with van der Waals surface area (Å²) in [5.41, 5.74) is 0. The van der Waals surface area contributed by atoms with Gasteiger partial charge in [-0.1, -0.05) is 6.07 Å². The molecule has 0 saturated carbocycles. The predicted molar refractivity (Wildman–Crippen MR) is 70.3 cm³/mol. The van der Waals surface area contributed by atoms with Gasteiger partial charge in [-0.3, -0.25) is 4.79 Å². The van der Waals surface area contributed by atoms with Gasteiger partial charge in [0, 0.05) is 12.3 Å². The first-order valence-corrected chi connectivity index (χ1v) is 5.64. The van der Waals surface area contributed by atoms with E-state index in [9.17, 15) is 4.79 Å². The normalized spacial score (nSPS) is 11.6.